The molecule has 0 atom stereocenters. The molecule has 0 unspecified atom stereocenters. The van der Waals surface area contributed by atoms with E-state index in [1.54, 1.807) is 26.0 Å². The number of nitrogens with zero attached hydrogens (tertiary/aromatic N) is 2. The Kier molecular flexibility index (Phi) is 6.01. The second-order valence-corrected chi connectivity index (χ2v) is 6.12. The predicted octanol–water partition coefficient (Wildman–Crippen LogP) is 4.28. The van der Waals surface area contributed by atoms with Gasteiger partial charge in [-0.3, -0.25) is 9.69 Å². The van der Waals surface area contributed by atoms with Gasteiger partial charge in [0.1, 0.15) is 23.1 Å². The molecule has 2 aromatic heterocycles. The van der Waals surface area contributed by atoms with Crippen molar-refractivity contribution in [3.63, 3.8) is 0 Å². The Morgan fingerprint density at radius 2 is 1.97 bits per heavy atom. The summed E-state index contributed by atoms with van der Waals surface area (Å²) in [6, 6.07) is 8.98. The summed E-state index contributed by atoms with van der Waals surface area (Å²) in [6.45, 7) is 3.37. The van der Waals surface area contributed by atoms with E-state index in [0.717, 1.165) is 11.0 Å². The molecule has 0 bridgehead atoms. The summed E-state index contributed by atoms with van der Waals surface area (Å²) < 4.78 is 37.9. The molecule has 0 aliphatic carbocycles. The van der Waals surface area contributed by atoms with Gasteiger partial charge in [0.2, 0.25) is 0 Å². The highest BCUT2D eigenvalue weighted by Gasteiger charge is 2.24. The number of amides is 1. The van der Waals surface area contributed by atoms with E-state index in [9.17, 15) is 18.4 Å². The minimum absolute atomic E-state index is 0.00849. The zero-order chi connectivity index (χ0) is 21.0. The summed E-state index contributed by atoms with van der Waals surface area (Å²) in [6.07, 6.45) is 1.43. The van der Waals surface area contributed by atoms with E-state index in [2.05, 4.69) is 4.98 Å². The van der Waals surface area contributed by atoms with Crippen LogP contribution in [0.3, 0.4) is 0 Å². The van der Waals surface area contributed by atoms with Gasteiger partial charge in [0.25, 0.3) is 5.91 Å². The molecular formula is C21H18F2N2O4. The average molecular weight is 400 g/mol. The second-order valence-electron chi connectivity index (χ2n) is 6.12. The maximum Gasteiger partial charge on any atom is 0.339 e. The number of halogens is 2. The van der Waals surface area contributed by atoms with Crippen molar-refractivity contribution in [2.24, 2.45) is 0 Å². The third-order valence-electron chi connectivity index (χ3n) is 4.14. The van der Waals surface area contributed by atoms with Crippen molar-refractivity contribution >= 4 is 17.6 Å². The Bertz CT molecular complexity index is 1040. The number of esters is 1. The molecule has 0 saturated carbocycles. The summed E-state index contributed by atoms with van der Waals surface area (Å²) >= 11 is 0. The fourth-order valence-corrected chi connectivity index (χ4v) is 2.77. The number of carbonyl (C=O) groups is 2. The zero-order valence-electron chi connectivity index (χ0n) is 15.8. The van der Waals surface area contributed by atoms with Gasteiger partial charge in [0.15, 0.2) is 0 Å². The van der Waals surface area contributed by atoms with Crippen LogP contribution >= 0.6 is 0 Å². The van der Waals surface area contributed by atoms with Crippen LogP contribution in [0.4, 0.5) is 14.5 Å². The van der Waals surface area contributed by atoms with E-state index >= 15 is 0 Å². The molecule has 1 aromatic carbocycles. The van der Waals surface area contributed by atoms with Gasteiger partial charge in [-0.15, -0.1) is 0 Å². The molecular weight excluding hydrogens is 382 g/mol. The van der Waals surface area contributed by atoms with Crippen LogP contribution in [0, 0.1) is 18.6 Å². The second kappa shape index (κ2) is 8.64. The molecule has 3 rings (SSSR count). The summed E-state index contributed by atoms with van der Waals surface area (Å²) in [7, 11) is 0. The molecule has 150 valence electrons. The number of benzene rings is 1. The van der Waals surface area contributed by atoms with Crippen LogP contribution in [0.15, 0.2) is 53.1 Å². The van der Waals surface area contributed by atoms with Crippen LogP contribution in [0.1, 0.15) is 39.2 Å². The van der Waals surface area contributed by atoms with E-state index in [-0.39, 0.29) is 30.1 Å². The first kappa shape index (κ1) is 20.2. The fourth-order valence-electron chi connectivity index (χ4n) is 2.77. The minimum Gasteiger partial charge on any atom is -0.467 e. The largest absolute Gasteiger partial charge is 0.467 e. The van der Waals surface area contributed by atoms with E-state index in [1.807, 2.05) is 0 Å². The Morgan fingerprint density at radius 1 is 1.17 bits per heavy atom. The number of aromatic nitrogens is 1. The van der Waals surface area contributed by atoms with Crippen molar-refractivity contribution in [2.45, 2.75) is 20.4 Å². The van der Waals surface area contributed by atoms with E-state index in [1.165, 1.54) is 24.5 Å². The first-order valence-electron chi connectivity index (χ1n) is 8.84. The summed E-state index contributed by atoms with van der Waals surface area (Å²) in [5, 5.41) is 0. The van der Waals surface area contributed by atoms with Gasteiger partial charge in [0, 0.05) is 6.07 Å². The molecule has 3 aromatic rings. The maximum atomic E-state index is 14.4. The Hall–Kier alpha value is -3.55. The predicted molar refractivity (Wildman–Crippen MR) is 101 cm³/mol. The van der Waals surface area contributed by atoms with Crippen molar-refractivity contribution in [1.82, 2.24) is 4.98 Å². The summed E-state index contributed by atoms with van der Waals surface area (Å²) in [5.74, 6) is -2.44. The third-order valence-corrected chi connectivity index (χ3v) is 4.14. The van der Waals surface area contributed by atoms with Crippen LogP contribution in [-0.2, 0) is 11.3 Å². The topological polar surface area (TPSA) is 72.6 Å². The first-order valence-corrected chi connectivity index (χ1v) is 8.84. The number of carbonyl (C=O) groups excluding carboxylic acids is 2. The van der Waals surface area contributed by atoms with Gasteiger partial charge in [-0.05, 0) is 50.2 Å². The van der Waals surface area contributed by atoms with E-state index < -0.39 is 23.5 Å². The molecule has 0 spiro atoms. The van der Waals surface area contributed by atoms with Crippen molar-refractivity contribution in [3.05, 3.63) is 83.1 Å². The lowest BCUT2D eigenvalue weighted by atomic mass is 10.1. The lowest BCUT2D eigenvalue weighted by Crippen LogP contribution is -2.32. The molecule has 0 aliphatic rings. The monoisotopic (exact) mass is 400 g/mol. The van der Waals surface area contributed by atoms with Crippen LogP contribution in [0.5, 0.6) is 0 Å². The van der Waals surface area contributed by atoms with Gasteiger partial charge in [-0.2, -0.15) is 0 Å². The van der Waals surface area contributed by atoms with Crippen LogP contribution in [-0.4, -0.2) is 23.5 Å². The highest BCUT2D eigenvalue weighted by Crippen LogP contribution is 2.24. The van der Waals surface area contributed by atoms with Crippen LogP contribution in [0.25, 0.3) is 0 Å². The van der Waals surface area contributed by atoms with Gasteiger partial charge < -0.3 is 9.15 Å². The van der Waals surface area contributed by atoms with Gasteiger partial charge in [-0.1, -0.05) is 0 Å². The van der Waals surface area contributed by atoms with Crippen molar-refractivity contribution in [1.29, 1.82) is 0 Å². The number of rotatable bonds is 6. The average Bonchev–Trinajstić information content (AvgIpc) is 3.19. The van der Waals surface area contributed by atoms with E-state index in [4.69, 9.17) is 9.15 Å². The number of hydrogen-bond donors (Lipinski definition) is 0. The molecule has 0 aliphatic heterocycles. The van der Waals surface area contributed by atoms with Crippen LogP contribution in [0.2, 0.25) is 0 Å². The molecule has 0 N–H and O–H groups in total. The van der Waals surface area contributed by atoms with Crippen molar-refractivity contribution < 1.29 is 27.5 Å². The van der Waals surface area contributed by atoms with Gasteiger partial charge in [0.05, 0.1) is 36.4 Å². The number of ether oxygens (including phenoxy) is 1. The quantitative estimate of drug-likeness (QED) is 0.578. The number of hydrogen-bond acceptors (Lipinski definition) is 5. The highest BCUT2D eigenvalue weighted by molar-refractivity contribution is 6.05. The Balaban J connectivity index is 1.98. The number of aryl methyl sites for hydroxylation is 1. The molecule has 0 fully saturated rings. The molecule has 6 nitrogen and oxygen atoms in total. The molecule has 0 radical (unpaired) electrons. The third kappa shape index (κ3) is 4.48. The molecule has 0 saturated heterocycles. The number of anilines is 1. The van der Waals surface area contributed by atoms with Crippen molar-refractivity contribution in [2.75, 3.05) is 11.5 Å². The van der Waals surface area contributed by atoms with Crippen molar-refractivity contribution in [3.8, 4) is 0 Å². The zero-order valence-corrected chi connectivity index (χ0v) is 15.8. The summed E-state index contributed by atoms with van der Waals surface area (Å²) in [4.78, 5) is 30.3. The van der Waals surface area contributed by atoms with E-state index in [0.29, 0.717) is 17.5 Å². The standard InChI is InChI=1S/C21H18F2N2O4/c1-3-28-21(27)16-7-8-18(24-13(16)2)20(26)25(12-15-5-4-10-29-15)19-9-6-14(22)11-17(19)23/h4-11H,3,12H2,1-2H3. The Morgan fingerprint density at radius 3 is 2.59 bits per heavy atom. The first-order chi connectivity index (χ1) is 13.9. The van der Waals surface area contributed by atoms with Crippen LogP contribution < -0.4 is 4.90 Å². The normalized spacial score (nSPS) is 10.6. The lowest BCUT2D eigenvalue weighted by Gasteiger charge is -2.22. The number of furan rings is 1. The SMILES string of the molecule is CCOC(=O)c1ccc(C(=O)N(Cc2ccco2)c2ccc(F)cc2F)nc1C. The molecule has 1 amide bonds. The van der Waals surface area contributed by atoms with Gasteiger partial charge >= 0.3 is 5.97 Å². The lowest BCUT2D eigenvalue weighted by molar-refractivity contribution is 0.0524. The van der Waals surface area contributed by atoms with Gasteiger partial charge in [-0.25, -0.2) is 18.6 Å². The Labute approximate surface area is 165 Å². The smallest absolute Gasteiger partial charge is 0.339 e. The molecule has 8 heteroatoms. The number of pyridine rings is 1. The summed E-state index contributed by atoms with van der Waals surface area (Å²) in [5.41, 5.74) is 0.397. The molecule has 2 heterocycles. The highest BCUT2D eigenvalue weighted by atomic mass is 19.1. The minimum atomic E-state index is -0.898. The fraction of sp³-hybridized carbons (Fsp3) is 0.190. The molecule has 29 heavy (non-hydrogen) atoms. The maximum absolute atomic E-state index is 14.4.